The molecular weight excluding hydrogens is 340 g/mol. The molecule has 7 N–H and O–H groups in total. The summed E-state index contributed by atoms with van der Waals surface area (Å²) in [6.45, 7) is 3.24. The smallest absolute Gasteiger partial charge is 0.345 e. The predicted molar refractivity (Wildman–Crippen MR) is 110 cm³/mol. The van der Waals surface area contributed by atoms with Crippen LogP contribution in [0.2, 0.25) is 0 Å². The number of nitrogens with zero attached hydrogens (tertiary/aromatic N) is 1. The number of nitrogen functional groups attached to an aromatic ring is 1. The zero-order valence-electron chi connectivity index (χ0n) is 15.0. The second kappa shape index (κ2) is 7.84. The standard InChI is InChI=1S/C20H22N6O/c1-12-8-15(24-7-6-21)3-4-16(12)19-10-18(25-20(27)26-19)13-2-5-17(23)14(9-13)11-22/h2-5,8-11,22,24H,6-7,21,23H2,1H3,(H,25,26,27). The maximum atomic E-state index is 12.1. The third kappa shape index (κ3) is 4.04. The molecule has 1 aromatic heterocycles. The lowest BCUT2D eigenvalue weighted by atomic mass is 10.0. The van der Waals surface area contributed by atoms with Gasteiger partial charge in [0.15, 0.2) is 0 Å². The van der Waals surface area contributed by atoms with E-state index in [0.29, 0.717) is 35.7 Å². The molecule has 0 saturated heterocycles. The Hall–Kier alpha value is -3.45. The van der Waals surface area contributed by atoms with Crippen LogP contribution in [0.1, 0.15) is 11.1 Å². The SMILES string of the molecule is Cc1cc(NCCN)ccc1-c1cc(-c2ccc(N)c(C=N)c2)nc(=O)[nH]1. The first-order valence-corrected chi connectivity index (χ1v) is 8.58. The molecule has 0 spiro atoms. The summed E-state index contributed by atoms with van der Waals surface area (Å²) in [6.07, 6.45) is 1.18. The molecule has 0 bridgehead atoms. The summed E-state index contributed by atoms with van der Waals surface area (Å²) in [5, 5.41) is 10.7. The van der Waals surface area contributed by atoms with Gasteiger partial charge in [0.1, 0.15) is 0 Å². The molecule has 0 amide bonds. The molecule has 1 heterocycles. The van der Waals surface area contributed by atoms with Crippen molar-refractivity contribution in [1.82, 2.24) is 9.97 Å². The first-order valence-electron chi connectivity index (χ1n) is 8.58. The van der Waals surface area contributed by atoms with Crippen LogP contribution in [0, 0.1) is 12.3 Å². The van der Waals surface area contributed by atoms with Gasteiger partial charge in [-0.2, -0.15) is 4.98 Å². The lowest BCUT2D eigenvalue weighted by Gasteiger charge is -2.11. The summed E-state index contributed by atoms with van der Waals surface area (Å²) in [6, 6.07) is 13.0. The lowest BCUT2D eigenvalue weighted by molar-refractivity contribution is 1.02. The molecule has 3 aromatic rings. The van der Waals surface area contributed by atoms with Gasteiger partial charge in [-0.05, 0) is 42.8 Å². The minimum atomic E-state index is -0.430. The molecule has 3 rings (SSSR count). The van der Waals surface area contributed by atoms with Crippen molar-refractivity contribution in [3.05, 3.63) is 64.1 Å². The predicted octanol–water partition coefficient (Wildman–Crippen LogP) is 2.36. The molecule has 0 fully saturated rings. The molecule has 27 heavy (non-hydrogen) atoms. The van der Waals surface area contributed by atoms with Crippen LogP contribution in [0.5, 0.6) is 0 Å². The largest absolute Gasteiger partial charge is 0.398 e. The Labute approximate surface area is 157 Å². The van der Waals surface area contributed by atoms with E-state index in [1.54, 1.807) is 18.2 Å². The van der Waals surface area contributed by atoms with E-state index in [0.717, 1.165) is 22.4 Å². The summed E-state index contributed by atoms with van der Waals surface area (Å²) in [7, 11) is 0. The number of nitrogens with two attached hydrogens (primary N) is 2. The molecule has 138 valence electrons. The number of rotatable bonds is 6. The van der Waals surface area contributed by atoms with Gasteiger partial charge in [0.2, 0.25) is 0 Å². The second-order valence-corrected chi connectivity index (χ2v) is 6.22. The van der Waals surface area contributed by atoms with Crippen molar-refractivity contribution < 1.29 is 0 Å². The van der Waals surface area contributed by atoms with Crippen molar-refractivity contribution in [2.45, 2.75) is 6.92 Å². The number of benzene rings is 2. The number of aromatic amines is 1. The van der Waals surface area contributed by atoms with Crippen LogP contribution in [0.4, 0.5) is 11.4 Å². The molecule has 0 atom stereocenters. The number of H-pyrrole nitrogens is 1. The topological polar surface area (TPSA) is 134 Å². The number of anilines is 2. The molecule has 0 saturated carbocycles. The van der Waals surface area contributed by atoms with E-state index < -0.39 is 5.69 Å². The number of aryl methyl sites for hydroxylation is 1. The zero-order valence-corrected chi connectivity index (χ0v) is 15.0. The van der Waals surface area contributed by atoms with Crippen LogP contribution >= 0.6 is 0 Å². The van der Waals surface area contributed by atoms with Gasteiger partial charge in [-0.15, -0.1) is 0 Å². The van der Waals surface area contributed by atoms with Crippen LogP contribution in [-0.4, -0.2) is 29.3 Å². The van der Waals surface area contributed by atoms with Crippen molar-refractivity contribution in [2.24, 2.45) is 5.73 Å². The Bertz CT molecular complexity index is 1040. The number of nitrogens with one attached hydrogen (secondary N) is 3. The van der Waals surface area contributed by atoms with Crippen LogP contribution in [0.25, 0.3) is 22.5 Å². The van der Waals surface area contributed by atoms with Crippen LogP contribution in [0.15, 0.2) is 47.3 Å². The molecule has 0 aliphatic rings. The summed E-state index contributed by atoms with van der Waals surface area (Å²) in [5.41, 5.74) is 16.9. The third-order valence-corrected chi connectivity index (χ3v) is 4.27. The highest BCUT2D eigenvalue weighted by atomic mass is 16.1. The van der Waals surface area contributed by atoms with Crippen LogP contribution < -0.4 is 22.5 Å². The van der Waals surface area contributed by atoms with E-state index in [1.807, 2.05) is 31.2 Å². The molecule has 0 aliphatic carbocycles. The van der Waals surface area contributed by atoms with Gasteiger partial charge < -0.3 is 27.2 Å². The normalized spacial score (nSPS) is 10.6. The average molecular weight is 362 g/mol. The molecule has 7 heteroatoms. The number of aromatic nitrogens is 2. The molecule has 0 aliphatic heterocycles. The fourth-order valence-corrected chi connectivity index (χ4v) is 2.90. The van der Waals surface area contributed by atoms with Gasteiger partial charge in [-0.3, -0.25) is 0 Å². The number of hydrogen-bond acceptors (Lipinski definition) is 6. The molecule has 0 radical (unpaired) electrons. The lowest BCUT2D eigenvalue weighted by Crippen LogP contribution is -2.13. The Morgan fingerprint density at radius 3 is 2.74 bits per heavy atom. The second-order valence-electron chi connectivity index (χ2n) is 6.22. The van der Waals surface area contributed by atoms with Gasteiger partial charge in [0.05, 0.1) is 11.4 Å². The summed E-state index contributed by atoms with van der Waals surface area (Å²) < 4.78 is 0. The minimum Gasteiger partial charge on any atom is -0.398 e. The highest BCUT2D eigenvalue weighted by molar-refractivity contribution is 5.87. The minimum absolute atomic E-state index is 0.430. The molecule has 2 aromatic carbocycles. The van der Waals surface area contributed by atoms with Crippen molar-refractivity contribution in [3.8, 4) is 22.5 Å². The molecule has 7 nitrogen and oxygen atoms in total. The van der Waals surface area contributed by atoms with E-state index in [2.05, 4.69) is 15.3 Å². The van der Waals surface area contributed by atoms with Crippen LogP contribution in [-0.2, 0) is 0 Å². The first kappa shape index (κ1) is 18.3. The Morgan fingerprint density at radius 2 is 2.04 bits per heavy atom. The summed E-state index contributed by atoms with van der Waals surface area (Å²) >= 11 is 0. The van der Waals surface area contributed by atoms with E-state index in [9.17, 15) is 4.79 Å². The van der Waals surface area contributed by atoms with Crippen LogP contribution in [0.3, 0.4) is 0 Å². The van der Waals surface area contributed by atoms with E-state index >= 15 is 0 Å². The fraction of sp³-hybridized carbons (Fsp3) is 0.150. The maximum absolute atomic E-state index is 12.1. The highest BCUT2D eigenvalue weighted by Gasteiger charge is 2.10. The monoisotopic (exact) mass is 362 g/mol. The average Bonchev–Trinajstić information content (AvgIpc) is 2.66. The summed E-state index contributed by atoms with van der Waals surface area (Å²) in [5.74, 6) is 0. The van der Waals surface area contributed by atoms with Gasteiger partial charge in [-0.25, -0.2) is 4.79 Å². The van der Waals surface area contributed by atoms with E-state index in [1.165, 1.54) is 6.21 Å². The molecular formula is C20H22N6O. The van der Waals surface area contributed by atoms with Crippen molar-refractivity contribution in [3.63, 3.8) is 0 Å². The van der Waals surface area contributed by atoms with Gasteiger partial charge in [0, 0.05) is 47.4 Å². The quantitative estimate of drug-likeness (QED) is 0.339. The van der Waals surface area contributed by atoms with Crippen molar-refractivity contribution in [2.75, 3.05) is 24.1 Å². The highest BCUT2D eigenvalue weighted by Crippen LogP contribution is 2.27. The van der Waals surface area contributed by atoms with Gasteiger partial charge >= 0.3 is 5.69 Å². The van der Waals surface area contributed by atoms with Gasteiger partial charge in [-0.1, -0.05) is 12.1 Å². The van der Waals surface area contributed by atoms with Crippen molar-refractivity contribution in [1.29, 1.82) is 5.41 Å². The fourth-order valence-electron chi connectivity index (χ4n) is 2.90. The molecule has 0 unspecified atom stereocenters. The third-order valence-electron chi connectivity index (χ3n) is 4.27. The summed E-state index contributed by atoms with van der Waals surface area (Å²) in [4.78, 5) is 19.0. The maximum Gasteiger partial charge on any atom is 0.345 e. The first-order chi connectivity index (χ1) is 13.0. The van der Waals surface area contributed by atoms with Gasteiger partial charge in [0.25, 0.3) is 0 Å². The zero-order chi connectivity index (χ0) is 19.4. The Kier molecular flexibility index (Phi) is 5.33. The Balaban J connectivity index is 2.04. The van der Waals surface area contributed by atoms with E-state index in [4.69, 9.17) is 16.9 Å². The Morgan fingerprint density at radius 1 is 1.22 bits per heavy atom. The van der Waals surface area contributed by atoms with Crippen molar-refractivity contribution >= 4 is 17.6 Å². The number of hydrogen-bond donors (Lipinski definition) is 5. The van der Waals surface area contributed by atoms with E-state index in [-0.39, 0.29) is 0 Å².